The summed E-state index contributed by atoms with van der Waals surface area (Å²) in [6.45, 7) is 1.89. The standard InChI is InChI=1S/C14H17BrN2O2/c15-11-3-1-2-10-9(11)4-5-12(10)17-14(18)13-8-19-7-6-16-13/h1-3,12-13,16H,4-8H2,(H,17,18). The van der Waals surface area contributed by atoms with E-state index in [0.29, 0.717) is 13.2 Å². The topological polar surface area (TPSA) is 50.4 Å². The number of ether oxygens (including phenoxy) is 1. The highest BCUT2D eigenvalue weighted by molar-refractivity contribution is 9.10. The number of hydrogen-bond acceptors (Lipinski definition) is 3. The summed E-state index contributed by atoms with van der Waals surface area (Å²) in [5, 5.41) is 6.31. The molecule has 2 N–H and O–H groups in total. The molecule has 0 spiro atoms. The van der Waals surface area contributed by atoms with Crippen molar-refractivity contribution in [2.75, 3.05) is 19.8 Å². The van der Waals surface area contributed by atoms with Crippen LogP contribution in [0.25, 0.3) is 0 Å². The number of nitrogens with one attached hydrogen (secondary N) is 2. The van der Waals surface area contributed by atoms with Crippen molar-refractivity contribution in [1.29, 1.82) is 0 Å². The van der Waals surface area contributed by atoms with Gasteiger partial charge in [-0.15, -0.1) is 0 Å². The maximum Gasteiger partial charge on any atom is 0.240 e. The van der Waals surface area contributed by atoms with Crippen LogP contribution in [0.15, 0.2) is 22.7 Å². The van der Waals surface area contributed by atoms with Crippen molar-refractivity contribution >= 4 is 21.8 Å². The number of fused-ring (bicyclic) bond motifs is 1. The number of carbonyl (C=O) groups is 1. The van der Waals surface area contributed by atoms with E-state index in [0.717, 1.165) is 23.9 Å². The summed E-state index contributed by atoms with van der Waals surface area (Å²) in [4.78, 5) is 12.2. The molecule has 102 valence electrons. The average Bonchev–Trinajstić information content (AvgIpc) is 2.84. The van der Waals surface area contributed by atoms with E-state index in [1.165, 1.54) is 11.1 Å². The molecule has 1 heterocycles. The molecule has 5 heteroatoms. The molecule has 19 heavy (non-hydrogen) atoms. The van der Waals surface area contributed by atoms with Crippen molar-refractivity contribution in [2.24, 2.45) is 0 Å². The molecule has 1 amide bonds. The summed E-state index contributed by atoms with van der Waals surface area (Å²) in [5.74, 6) is 0.0394. The number of amides is 1. The van der Waals surface area contributed by atoms with Gasteiger partial charge in [-0.3, -0.25) is 4.79 Å². The Morgan fingerprint density at radius 3 is 3.16 bits per heavy atom. The van der Waals surface area contributed by atoms with Gasteiger partial charge in [0.25, 0.3) is 0 Å². The number of rotatable bonds is 2. The third kappa shape index (κ3) is 2.68. The minimum Gasteiger partial charge on any atom is -0.378 e. The van der Waals surface area contributed by atoms with Crippen molar-refractivity contribution in [3.05, 3.63) is 33.8 Å². The third-order valence-corrected chi connectivity index (χ3v) is 4.51. The van der Waals surface area contributed by atoms with Crippen LogP contribution in [0.4, 0.5) is 0 Å². The fourth-order valence-electron chi connectivity index (χ4n) is 2.77. The summed E-state index contributed by atoms with van der Waals surface area (Å²) in [7, 11) is 0. The Labute approximate surface area is 121 Å². The second kappa shape index (κ2) is 5.61. The van der Waals surface area contributed by atoms with Gasteiger partial charge in [-0.05, 0) is 30.0 Å². The lowest BCUT2D eigenvalue weighted by Crippen LogP contribution is -2.51. The minimum atomic E-state index is -0.218. The lowest BCUT2D eigenvalue weighted by Gasteiger charge is -2.25. The molecule has 2 unspecified atom stereocenters. The van der Waals surface area contributed by atoms with Crippen molar-refractivity contribution in [2.45, 2.75) is 24.9 Å². The molecule has 4 nitrogen and oxygen atoms in total. The van der Waals surface area contributed by atoms with Gasteiger partial charge in [-0.25, -0.2) is 0 Å². The van der Waals surface area contributed by atoms with Gasteiger partial charge in [-0.1, -0.05) is 28.1 Å². The molecule has 1 aromatic rings. The SMILES string of the molecule is O=C(NC1CCc2c(Br)cccc21)C1COCCN1. The molecule has 0 saturated carbocycles. The van der Waals surface area contributed by atoms with E-state index in [1.807, 2.05) is 6.07 Å². The first-order valence-electron chi connectivity index (χ1n) is 6.64. The van der Waals surface area contributed by atoms with E-state index in [1.54, 1.807) is 0 Å². The lowest BCUT2D eigenvalue weighted by atomic mass is 10.1. The van der Waals surface area contributed by atoms with Gasteiger partial charge < -0.3 is 15.4 Å². The average molecular weight is 325 g/mol. The number of morpholine rings is 1. The highest BCUT2D eigenvalue weighted by Gasteiger charge is 2.28. The molecule has 0 radical (unpaired) electrons. The van der Waals surface area contributed by atoms with E-state index in [-0.39, 0.29) is 18.0 Å². The summed E-state index contributed by atoms with van der Waals surface area (Å²) >= 11 is 3.57. The van der Waals surface area contributed by atoms with Crippen LogP contribution in [0.3, 0.4) is 0 Å². The van der Waals surface area contributed by atoms with Crippen LogP contribution in [0.2, 0.25) is 0 Å². The van der Waals surface area contributed by atoms with Crippen LogP contribution < -0.4 is 10.6 Å². The smallest absolute Gasteiger partial charge is 0.240 e. The normalized spacial score (nSPS) is 25.9. The Bertz CT molecular complexity index is 486. The van der Waals surface area contributed by atoms with Gasteiger partial charge in [0.05, 0.1) is 19.3 Å². The summed E-state index contributed by atoms with van der Waals surface area (Å²) in [6, 6.07) is 6.09. The van der Waals surface area contributed by atoms with Crippen molar-refractivity contribution in [3.8, 4) is 0 Å². The van der Waals surface area contributed by atoms with E-state index < -0.39 is 0 Å². The van der Waals surface area contributed by atoms with Crippen molar-refractivity contribution in [3.63, 3.8) is 0 Å². The number of benzene rings is 1. The quantitative estimate of drug-likeness (QED) is 0.867. The maximum absolute atomic E-state index is 12.2. The fourth-order valence-corrected chi connectivity index (χ4v) is 3.35. The second-order valence-electron chi connectivity index (χ2n) is 4.99. The van der Waals surface area contributed by atoms with Gasteiger partial charge in [0.2, 0.25) is 5.91 Å². The van der Waals surface area contributed by atoms with Crippen LogP contribution in [0.5, 0.6) is 0 Å². The van der Waals surface area contributed by atoms with E-state index in [2.05, 4.69) is 38.7 Å². The zero-order chi connectivity index (χ0) is 13.2. The first kappa shape index (κ1) is 13.1. The molecule has 3 rings (SSSR count). The van der Waals surface area contributed by atoms with Crippen LogP contribution >= 0.6 is 15.9 Å². The molecule has 2 atom stereocenters. The maximum atomic E-state index is 12.2. The number of carbonyl (C=O) groups excluding carboxylic acids is 1. The Morgan fingerprint density at radius 2 is 2.37 bits per heavy atom. The Hall–Kier alpha value is -0.910. The zero-order valence-corrected chi connectivity index (χ0v) is 12.2. The van der Waals surface area contributed by atoms with Gasteiger partial charge in [0, 0.05) is 11.0 Å². The summed E-state index contributed by atoms with van der Waals surface area (Å²) in [5.41, 5.74) is 2.56. The monoisotopic (exact) mass is 324 g/mol. The molecular formula is C14H17BrN2O2. The predicted molar refractivity (Wildman–Crippen MR) is 76.0 cm³/mol. The molecular weight excluding hydrogens is 308 g/mol. The highest BCUT2D eigenvalue weighted by atomic mass is 79.9. The van der Waals surface area contributed by atoms with Gasteiger partial charge in [-0.2, -0.15) is 0 Å². The van der Waals surface area contributed by atoms with Crippen molar-refractivity contribution < 1.29 is 9.53 Å². The third-order valence-electron chi connectivity index (χ3n) is 3.77. The highest BCUT2D eigenvalue weighted by Crippen LogP contribution is 2.35. The molecule has 0 bridgehead atoms. The molecule has 0 aromatic heterocycles. The Morgan fingerprint density at radius 1 is 1.47 bits per heavy atom. The molecule has 1 saturated heterocycles. The molecule has 1 fully saturated rings. The summed E-state index contributed by atoms with van der Waals surface area (Å²) in [6.07, 6.45) is 1.98. The first-order chi connectivity index (χ1) is 9.25. The summed E-state index contributed by atoms with van der Waals surface area (Å²) < 4.78 is 6.47. The molecule has 1 aliphatic carbocycles. The largest absolute Gasteiger partial charge is 0.378 e. The van der Waals surface area contributed by atoms with E-state index >= 15 is 0 Å². The minimum absolute atomic E-state index is 0.0394. The zero-order valence-electron chi connectivity index (χ0n) is 10.6. The molecule has 1 aliphatic heterocycles. The lowest BCUT2D eigenvalue weighted by molar-refractivity contribution is -0.126. The Balaban J connectivity index is 1.69. The van der Waals surface area contributed by atoms with Gasteiger partial charge >= 0.3 is 0 Å². The number of halogens is 1. The van der Waals surface area contributed by atoms with Gasteiger partial charge in [0.1, 0.15) is 6.04 Å². The fraction of sp³-hybridized carbons (Fsp3) is 0.500. The molecule has 2 aliphatic rings. The van der Waals surface area contributed by atoms with Gasteiger partial charge in [0.15, 0.2) is 0 Å². The van der Waals surface area contributed by atoms with Crippen LogP contribution in [0.1, 0.15) is 23.6 Å². The van der Waals surface area contributed by atoms with E-state index in [4.69, 9.17) is 4.74 Å². The van der Waals surface area contributed by atoms with Crippen molar-refractivity contribution in [1.82, 2.24) is 10.6 Å². The molecule has 1 aromatic carbocycles. The predicted octanol–water partition coefficient (Wildman–Crippen LogP) is 1.54. The van der Waals surface area contributed by atoms with E-state index in [9.17, 15) is 4.79 Å². The van der Waals surface area contributed by atoms with Crippen LogP contribution in [-0.2, 0) is 16.0 Å². The van der Waals surface area contributed by atoms with Crippen LogP contribution in [0, 0.1) is 0 Å². The Kier molecular flexibility index (Phi) is 3.86. The van der Waals surface area contributed by atoms with Crippen LogP contribution in [-0.4, -0.2) is 31.7 Å². The second-order valence-corrected chi connectivity index (χ2v) is 5.84. The first-order valence-corrected chi connectivity index (χ1v) is 7.44. The number of hydrogen-bond donors (Lipinski definition) is 2.